The van der Waals surface area contributed by atoms with Crippen LogP contribution in [0.2, 0.25) is 5.02 Å². The average molecular weight is 586 g/mol. The number of nitrogens with zero attached hydrogens (tertiary/aromatic N) is 4. The first-order chi connectivity index (χ1) is 17.7. The fourth-order valence-corrected chi connectivity index (χ4v) is 4.25. The number of hydrogen-bond donors (Lipinski definition) is 0. The summed E-state index contributed by atoms with van der Waals surface area (Å²) in [6.45, 7) is 3.88. The first-order valence-corrected chi connectivity index (χ1v) is 12.3. The van der Waals surface area contributed by atoms with E-state index in [0.717, 1.165) is 4.47 Å². The molecule has 0 atom stereocenters. The lowest BCUT2D eigenvalue weighted by atomic mass is 10.1. The molecule has 0 aliphatic heterocycles. The third-order valence-electron chi connectivity index (χ3n) is 5.43. The number of benzene rings is 3. The van der Waals surface area contributed by atoms with Crippen LogP contribution in [0, 0.1) is 10.1 Å². The van der Waals surface area contributed by atoms with E-state index in [0.29, 0.717) is 44.4 Å². The van der Waals surface area contributed by atoms with Crippen LogP contribution in [0.3, 0.4) is 0 Å². The van der Waals surface area contributed by atoms with Crippen molar-refractivity contribution in [3.63, 3.8) is 0 Å². The van der Waals surface area contributed by atoms with Crippen LogP contribution >= 0.6 is 27.5 Å². The van der Waals surface area contributed by atoms with Crippen molar-refractivity contribution in [2.75, 3.05) is 7.11 Å². The van der Waals surface area contributed by atoms with Gasteiger partial charge in [-0.2, -0.15) is 9.78 Å². The molecule has 4 rings (SSSR count). The molecular formula is C26H22BrClN4O5. The van der Waals surface area contributed by atoms with E-state index in [1.807, 2.05) is 19.9 Å². The van der Waals surface area contributed by atoms with E-state index in [1.54, 1.807) is 36.4 Å². The minimum atomic E-state index is -0.468. The molecular weight excluding hydrogens is 564 g/mol. The second-order valence-corrected chi connectivity index (χ2v) is 9.74. The molecule has 0 unspecified atom stereocenters. The second-order valence-electron chi connectivity index (χ2n) is 8.39. The Labute approximate surface area is 225 Å². The molecule has 3 aromatic carbocycles. The predicted octanol–water partition coefficient (Wildman–Crippen LogP) is 6.31. The van der Waals surface area contributed by atoms with Gasteiger partial charge in [0, 0.05) is 39.2 Å². The molecule has 0 bridgehead atoms. The van der Waals surface area contributed by atoms with Crippen LogP contribution in [0.25, 0.3) is 10.9 Å². The van der Waals surface area contributed by atoms with Crippen LogP contribution in [-0.2, 0) is 6.61 Å². The van der Waals surface area contributed by atoms with E-state index in [9.17, 15) is 14.9 Å². The maximum atomic E-state index is 13.4. The summed E-state index contributed by atoms with van der Waals surface area (Å²) in [5, 5.41) is 16.4. The summed E-state index contributed by atoms with van der Waals surface area (Å²) in [5.41, 5.74) is 1.26. The van der Waals surface area contributed by atoms with Gasteiger partial charge in [0.25, 0.3) is 11.2 Å². The molecule has 0 aliphatic rings. The second kappa shape index (κ2) is 11.1. The smallest absolute Gasteiger partial charge is 0.282 e. The number of fused-ring (bicyclic) bond motifs is 1. The highest BCUT2D eigenvalue weighted by Gasteiger charge is 2.16. The zero-order valence-electron chi connectivity index (χ0n) is 20.1. The van der Waals surface area contributed by atoms with E-state index < -0.39 is 4.92 Å². The predicted molar refractivity (Wildman–Crippen MR) is 146 cm³/mol. The molecule has 0 fully saturated rings. The van der Waals surface area contributed by atoms with Crippen molar-refractivity contribution in [2.45, 2.75) is 26.4 Å². The Morgan fingerprint density at radius 2 is 2.00 bits per heavy atom. The van der Waals surface area contributed by atoms with Crippen molar-refractivity contribution in [3.05, 3.63) is 102 Å². The lowest BCUT2D eigenvalue weighted by molar-refractivity contribution is -0.384. The SMILES string of the molecule is COc1cc(Cl)cc(C=Nn2c(C(C)C)nc3ccc(Br)cc3c2=O)c1OCc1cccc([N+](=O)[O-])c1. The van der Waals surface area contributed by atoms with E-state index in [-0.39, 0.29) is 23.8 Å². The molecule has 0 aliphatic carbocycles. The molecule has 0 saturated carbocycles. The Morgan fingerprint density at radius 3 is 2.70 bits per heavy atom. The Morgan fingerprint density at radius 1 is 1.22 bits per heavy atom. The molecule has 1 aromatic heterocycles. The van der Waals surface area contributed by atoms with Gasteiger partial charge in [0.1, 0.15) is 12.4 Å². The van der Waals surface area contributed by atoms with Gasteiger partial charge in [-0.1, -0.05) is 53.5 Å². The first-order valence-electron chi connectivity index (χ1n) is 11.2. The van der Waals surface area contributed by atoms with Gasteiger partial charge in [0.05, 0.1) is 29.2 Å². The maximum Gasteiger partial charge on any atom is 0.282 e. The number of nitro groups is 1. The van der Waals surface area contributed by atoms with Crippen LogP contribution in [0.15, 0.2) is 69.0 Å². The van der Waals surface area contributed by atoms with Crippen LogP contribution in [0.4, 0.5) is 5.69 Å². The van der Waals surface area contributed by atoms with Gasteiger partial charge >= 0.3 is 0 Å². The van der Waals surface area contributed by atoms with Gasteiger partial charge in [-0.3, -0.25) is 14.9 Å². The highest BCUT2D eigenvalue weighted by molar-refractivity contribution is 9.10. The summed E-state index contributed by atoms with van der Waals surface area (Å²) < 4.78 is 13.5. The van der Waals surface area contributed by atoms with Crippen molar-refractivity contribution in [1.82, 2.24) is 9.66 Å². The fraction of sp³-hybridized carbons (Fsp3) is 0.192. The zero-order chi connectivity index (χ0) is 26.7. The summed E-state index contributed by atoms with van der Waals surface area (Å²) in [7, 11) is 1.47. The number of methoxy groups -OCH3 is 1. The van der Waals surface area contributed by atoms with E-state index in [2.05, 4.69) is 26.0 Å². The number of halogens is 2. The molecule has 0 saturated heterocycles. The topological polar surface area (TPSA) is 109 Å². The molecule has 0 spiro atoms. The lowest BCUT2D eigenvalue weighted by Gasteiger charge is -2.15. The third kappa shape index (κ3) is 5.81. The summed E-state index contributed by atoms with van der Waals surface area (Å²) in [6.07, 6.45) is 1.45. The Balaban J connectivity index is 1.77. The Kier molecular flexibility index (Phi) is 7.89. The summed E-state index contributed by atoms with van der Waals surface area (Å²) in [5.74, 6) is 1.06. The number of hydrogen-bond acceptors (Lipinski definition) is 7. The summed E-state index contributed by atoms with van der Waals surface area (Å²) in [6, 6.07) is 14.7. The van der Waals surface area contributed by atoms with Crippen LogP contribution < -0.4 is 15.0 Å². The molecule has 37 heavy (non-hydrogen) atoms. The number of non-ortho nitro benzene ring substituents is 1. The zero-order valence-corrected chi connectivity index (χ0v) is 22.5. The standard InChI is InChI=1S/C26H22BrClN4O5/c1-15(2)25-30-22-8-7-18(27)11-21(22)26(33)31(25)29-13-17-10-19(28)12-23(36-3)24(17)37-14-16-5-4-6-20(9-16)32(34)35/h4-13,15H,14H2,1-3H3. The minimum absolute atomic E-state index is 0.0310. The van der Waals surface area contributed by atoms with Gasteiger partial charge in [-0.25, -0.2) is 4.98 Å². The minimum Gasteiger partial charge on any atom is -0.493 e. The highest BCUT2D eigenvalue weighted by Crippen LogP contribution is 2.35. The average Bonchev–Trinajstić information content (AvgIpc) is 2.87. The van der Waals surface area contributed by atoms with Crippen molar-refractivity contribution < 1.29 is 14.4 Å². The Bertz CT molecular complexity index is 1590. The van der Waals surface area contributed by atoms with Gasteiger partial charge in [0.15, 0.2) is 11.5 Å². The van der Waals surface area contributed by atoms with Crippen molar-refractivity contribution >= 4 is 50.3 Å². The number of nitro benzene ring substituents is 1. The van der Waals surface area contributed by atoms with Crippen molar-refractivity contribution in [3.8, 4) is 11.5 Å². The molecule has 4 aromatic rings. The van der Waals surface area contributed by atoms with Gasteiger partial charge < -0.3 is 9.47 Å². The molecule has 1 heterocycles. The van der Waals surface area contributed by atoms with Crippen molar-refractivity contribution in [1.29, 1.82) is 0 Å². The first kappa shape index (κ1) is 26.3. The van der Waals surface area contributed by atoms with Gasteiger partial charge in [0.2, 0.25) is 0 Å². The molecule has 0 N–H and O–H groups in total. The molecule has 190 valence electrons. The van der Waals surface area contributed by atoms with Gasteiger partial charge in [-0.05, 0) is 29.8 Å². The normalized spacial score (nSPS) is 11.4. The lowest BCUT2D eigenvalue weighted by Crippen LogP contribution is -2.23. The summed E-state index contributed by atoms with van der Waals surface area (Å²) in [4.78, 5) is 28.7. The molecule has 0 amide bonds. The molecule has 11 heteroatoms. The van der Waals surface area contributed by atoms with E-state index in [1.165, 1.54) is 30.1 Å². The van der Waals surface area contributed by atoms with Crippen LogP contribution in [0.5, 0.6) is 11.5 Å². The summed E-state index contributed by atoms with van der Waals surface area (Å²) >= 11 is 9.71. The van der Waals surface area contributed by atoms with E-state index >= 15 is 0 Å². The largest absolute Gasteiger partial charge is 0.493 e. The quantitative estimate of drug-likeness (QED) is 0.136. The number of aromatic nitrogens is 2. The van der Waals surface area contributed by atoms with Gasteiger partial charge in [-0.15, -0.1) is 0 Å². The highest BCUT2D eigenvalue weighted by atomic mass is 79.9. The number of ether oxygens (including phenoxy) is 2. The maximum absolute atomic E-state index is 13.4. The third-order valence-corrected chi connectivity index (χ3v) is 6.15. The van der Waals surface area contributed by atoms with Crippen LogP contribution in [-0.4, -0.2) is 27.9 Å². The molecule has 0 radical (unpaired) electrons. The Hall–Kier alpha value is -3.76. The number of rotatable bonds is 8. The molecule has 9 nitrogen and oxygen atoms in total. The van der Waals surface area contributed by atoms with Crippen molar-refractivity contribution in [2.24, 2.45) is 5.10 Å². The van der Waals surface area contributed by atoms with E-state index in [4.69, 9.17) is 21.1 Å². The fourth-order valence-electron chi connectivity index (χ4n) is 3.68. The monoisotopic (exact) mass is 584 g/mol. The van der Waals surface area contributed by atoms with Crippen LogP contribution in [0.1, 0.15) is 36.7 Å².